The molecule has 3 aromatic rings. The second-order valence-corrected chi connectivity index (χ2v) is 4.80. The third kappa shape index (κ3) is 3.65. The van der Waals surface area contributed by atoms with Gasteiger partial charge < -0.3 is 14.8 Å². The zero-order valence-corrected chi connectivity index (χ0v) is 12.5. The molecule has 0 fully saturated rings. The number of hydrogen-bond acceptors (Lipinski definition) is 5. The van der Waals surface area contributed by atoms with Crippen LogP contribution >= 0.6 is 0 Å². The Hall–Kier alpha value is -3.03. The molecule has 2 aromatic carbocycles. The molecular formula is C16H12F3N3O2. The van der Waals surface area contributed by atoms with Gasteiger partial charge in [0.25, 0.3) is 0 Å². The van der Waals surface area contributed by atoms with Gasteiger partial charge in [-0.15, -0.1) is 13.2 Å². The van der Waals surface area contributed by atoms with E-state index in [1.54, 1.807) is 25.3 Å². The summed E-state index contributed by atoms with van der Waals surface area (Å²) < 4.78 is 45.5. The van der Waals surface area contributed by atoms with Crippen LogP contribution in [0.5, 0.6) is 11.5 Å². The van der Waals surface area contributed by atoms with Gasteiger partial charge in [0.2, 0.25) is 0 Å². The van der Waals surface area contributed by atoms with Gasteiger partial charge in [0, 0.05) is 11.1 Å². The Morgan fingerprint density at radius 2 is 1.67 bits per heavy atom. The number of rotatable bonds is 4. The highest BCUT2D eigenvalue weighted by molar-refractivity contribution is 5.91. The van der Waals surface area contributed by atoms with E-state index in [2.05, 4.69) is 20.0 Å². The molecule has 0 atom stereocenters. The highest BCUT2D eigenvalue weighted by atomic mass is 19.4. The first-order valence-electron chi connectivity index (χ1n) is 6.86. The smallest absolute Gasteiger partial charge is 0.497 e. The van der Waals surface area contributed by atoms with Crippen LogP contribution in [0.25, 0.3) is 10.9 Å². The lowest BCUT2D eigenvalue weighted by Gasteiger charge is -2.11. The molecule has 5 nitrogen and oxygen atoms in total. The van der Waals surface area contributed by atoms with Gasteiger partial charge in [0.05, 0.1) is 12.6 Å². The van der Waals surface area contributed by atoms with E-state index in [-0.39, 0.29) is 5.75 Å². The van der Waals surface area contributed by atoms with E-state index in [9.17, 15) is 13.2 Å². The third-order valence-electron chi connectivity index (χ3n) is 3.19. The molecular weight excluding hydrogens is 323 g/mol. The molecule has 0 bridgehead atoms. The highest BCUT2D eigenvalue weighted by Crippen LogP contribution is 2.28. The van der Waals surface area contributed by atoms with Gasteiger partial charge in [-0.25, -0.2) is 9.97 Å². The monoisotopic (exact) mass is 335 g/mol. The van der Waals surface area contributed by atoms with Crippen LogP contribution in [0.15, 0.2) is 48.8 Å². The Kier molecular flexibility index (Phi) is 4.11. The Labute approximate surface area is 135 Å². The van der Waals surface area contributed by atoms with E-state index in [1.807, 2.05) is 0 Å². The van der Waals surface area contributed by atoms with E-state index < -0.39 is 6.36 Å². The van der Waals surface area contributed by atoms with Crippen LogP contribution in [0, 0.1) is 0 Å². The molecule has 0 spiro atoms. The van der Waals surface area contributed by atoms with E-state index >= 15 is 0 Å². The lowest BCUT2D eigenvalue weighted by molar-refractivity contribution is -0.274. The molecule has 0 saturated heterocycles. The van der Waals surface area contributed by atoms with Crippen LogP contribution in [0.1, 0.15) is 0 Å². The van der Waals surface area contributed by atoms with Gasteiger partial charge in [-0.2, -0.15) is 0 Å². The maximum atomic E-state index is 12.2. The molecule has 8 heteroatoms. The van der Waals surface area contributed by atoms with Crippen molar-refractivity contribution in [3.63, 3.8) is 0 Å². The zero-order chi connectivity index (χ0) is 17.2. The van der Waals surface area contributed by atoms with Crippen LogP contribution < -0.4 is 14.8 Å². The minimum absolute atomic E-state index is 0.290. The molecule has 24 heavy (non-hydrogen) atoms. The minimum atomic E-state index is -4.71. The number of nitrogens with one attached hydrogen (secondary N) is 1. The van der Waals surface area contributed by atoms with Gasteiger partial charge in [0.15, 0.2) is 0 Å². The number of hydrogen-bond donors (Lipinski definition) is 1. The number of halogens is 3. The number of alkyl halides is 3. The molecule has 0 aliphatic rings. The lowest BCUT2D eigenvalue weighted by atomic mass is 10.2. The topological polar surface area (TPSA) is 56.3 Å². The van der Waals surface area contributed by atoms with Gasteiger partial charge in [0.1, 0.15) is 23.6 Å². The molecule has 3 rings (SSSR count). The van der Waals surface area contributed by atoms with Gasteiger partial charge in [-0.1, -0.05) is 0 Å². The second-order valence-electron chi connectivity index (χ2n) is 4.80. The SMILES string of the molecule is COc1ccc2ncnc(Nc3ccc(OC(F)(F)F)cc3)c2c1. The maximum Gasteiger partial charge on any atom is 0.573 e. The van der Waals surface area contributed by atoms with E-state index in [1.165, 1.54) is 30.6 Å². The summed E-state index contributed by atoms with van der Waals surface area (Å²) in [7, 11) is 1.55. The molecule has 1 heterocycles. The van der Waals surface area contributed by atoms with Gasteiger partial charge in [-0.3, -0.25) is 0 Å². The molecule has 0 aliphatic carbocycles. The Morgan fingerprint density at radius 3 is 2.33 bits per heavy atom. The van der Waals surface area contributed by atoms with Crippen molar-refractivity contribution in [1.82, 2.24) is 9.97 Å². The van der Waals surface area contributed by atoms with Crippen molar-refractivity contribution in [2.24, 2.45) is 0 Å². The van der Waals surface area contributed by atoms with Crippen molar-refractivity contribution in [2.45, 2.75) is 6.36 Å². The first-order chi connectivity index (χ1) is 11.4. The Balaban J connectivity index is 1.87. The van der Waals surface area contributed by atoms with E-state index in [0.29, 0.717) is 22.8 Å². The van der Waals surface area contributed by atoms with Crippen molar-refractivity contribution < 1.29 is 22.6 Å². The Morgan fingerprint density at radius 1 is 0.958 bits per heavy atom. The Bertz CT molecular complexity index is 851. The average Bonchev–Trinajstić information content (AvgIpc) is 2.55. The summed E-state index contributed by atoms with van der Waals surface area (Å²) in [4.78, 5) is 8.33. The highest BCUT2D eigenvalue weighted by Gasteiger charge is 2.30. The standard InChI is InChI=1S/C16H12F3N3O2/c1-23-12-6-7-14-13(8-12)15(21-9-20-14)22-10-2-4-11(5-3-10)24-16(17,18)19/h2-9H,1H3,(H,20,21,22). The largest absolute Gasteiger partial charge is 0.573 e. The molecule has 124 valence electrons. The quantitative estimate of drug-likeness (QED) is 0.771. The minimum Gasteiger partial charge on any atom is -0.497 e. The summed E-state index contributed by atoms with van der Waals surface area (Å²) in [5.74, 6) is 0.875. The first kappa shape index (κ1) is 15.9. The number of methoxy groups -OCH3 is 1. The molecule has 0 saturated carbocycles. The van der Waals surface area contributed by atoms with Crippen molar-refractivity contribution in [3.05, 3.63) is 48.8 Å². The maximum absolute atomic E-state index is 12.2. The molecule has 0 radical (unpaired) electrons. The molecule has 0 amide bonds. The van der Waals surface area contributed by atoms with Crippen LogP contribution in [-0.2, 0) is 0 Å². The molecule has 0 unspecified atom stereocenters. The number of fused-ring (bicyclic) bond motifs is 1. The number of aromatic nitrogens is 2. The van der Waals surface area contributed by atoms with Crippen molar-refractivity contribution in [1.29, 1.82) is 0 Å². The molecule has 1 aromatic heterocycles. The third-order valence-corrected chi connectivity index (χ3v) is 3.19. The number of nitrogens with zero attached hydrogens (tertiary/aromatic N) is 2. The lowest BCUT2D eigenvalue weighted by Crippen LogP contribution is -2.16. The number of anilines is 2. The summed E-state index contributed by atoms with van der Waals surface area (Å²) in [6, 6.07) is 10.7. The average molecular weight is 335 g/mol. The van der Waals surface area contributed by atoms with Crippen molar-refractivity contribution >= 4 is 22.4 Å². The summed E-state index contributed by atoms with van der Waals surface area (Å²) in [6.07, 6.45) is -3.31. The molecule has 0 aliphatic heterocycles. The fourth-order valence-corrected chi connectivity index (χ4v) is 2.14. The fraction of sp³-hybridized carbons (Fsp3) is 0.125. The fourth-order valence-electron chi connectivity index (χ4n) is 2.14. The zero-order valence-electron chi connectivity index (χ0n) is 12.5. The summed E-state index contributed by atoms with van der Waals surface area (Å²) in [6.45, 7) is 0. The summed E-state index contributed by atoms with van der Waals surface area (Å²) >= 11 is 0. The number of benzene rings is 2. The van der Waals surface area contributed by atoms with Crippen LogP contribution in [-0.4, -0.2) is 23.4 Å². The number of ether oxygens (including phenoxy) is 2. The summed E-state index contributed by atoms with van der Waals surface area (Å²) in [5, 5.41) is 3.77. The van der Waals surface area contributed by atoms with Gasteiger partial charge in [-0.05, 0) is 42.5 Å². The normalized spacial score (nSPS) is 11.3. The summed E-state index contributed by atoms with van der Waals surface area (Å²) in [5.41, 5.74) is 1.28. The predicted octanol–water partition coefficient (Wildman–Crippen LogP) is 4.28. The van der Waals surface area contributed by atoms with E-state index in [0.717, 1.165) is 5.39 Å². The first-order valence-corrected chi connectivity index (χ1v) is 6.86. The predicted molar refractivity (Wildman–Crippen MR) is 82.5 cm³/mol. The second kappa shape index (κ2) is 6.23. The van der Waals surface area contributed by atoms with Crippen LogP contribution in [0.3, 0.4) is 0 Å². The van der Waals surface area contributed by atoms with E-state index in [4.69, 9.17) is 4.74 Å². The van der Waals surface area contributed by atoms with Crippen LogP contribution in [0.4, 0.5) is 24.7 Å². The van der Waals surface area contributed by atoms with Crippen molar-refractivity contribution in [3.8, 4) is 11.5 Å². The van der Waals surface area contributed by atoms with Crippen LogP contribution in [0.2, 0.25) is 0 Å². The molecule has 1 N–H and O–H groups in total. The van der Waals surface area contributed by atoms with Crippen molar-refractivity contribution in [2.75, 3.05) is 12.4 Å². The van der Waals surface area contributed by atoms with Gasteiger partial charge >= 0.3 is 6.36 Å².